The highest BCUT2D eigenvalue weighted by atomic mass is 16.5. The molecule has 6 heteroatoms. The molecule has 0 radical (unpaired) electrons. The van der Waals surface area contributed by atoms with E-state index in [1.54, 1.807) is 0 Å². The van der Waals surface area contributed by atoms with Gasteiger partial charge in [-0.05, 0) is 37.2 Å². The van der Waals surface area contributed by atoms with Crippen molar-refractivity contribution in [2.75, 3.05) is 25.1 Å². The van der Waals surface area contributed by atoms with Gasteiger partial charge in [0, 0.05) is 13.1 Å². The lowest BCUT2D eigenvalue weighted by atomic mass is 9.81. The smallest absolute Gasteiger partial charge is 0.313 e. The number of esters is 1. The van der Waals surface area contributed by atoms with Crippen molar-refractivity contribution in [3.63, 3.8) is 0 Å². The number of hydrogen-bond donors (Lipinski definition) is 0. The summed E-state index contributed by atoms with van der Waals surface area (Å²) in [7, 11) is 1.46. The standard InChI is InChI=1S/C18H24N4O2/c1-4-13-14(9-19)16(21-20-15(13)5-2)22-10-12-7-6-8-18(12,11-22)17(23)24-3/h12H,4-8,10-11H2,1-3H3. The van der Waals surface area contributed by atoms with Gasteiger partial charge in [0.1, 0.15) is 11.6 Å². The van der Waals surface area contributed by atoms with Crippen LogP contribution in [-0.4, -0.2) is 36.4 Å². The summed E-state index contributed by atoms with van der Waals surface area (Å²) in [5.41, 5.74) is 2.04. The summed E-state index contributed by atoms with van der Waals surface area (Å²) in [6, 6.07) is 2.33. The lowest BCUT2D eigenvalue weighted by Crippen LogP contribution is -2.37. The normalized spacial score (nSPS) is 25.4. The van der Waals surface area contributed by atoms with E-state index in [-0.39, 0.29) is 11.9 Å². The summed E-state index contributed by atoms with van der Waals surface area (Å²) in [6.07, 6.45) is 4.45. The van der Waals surface area contributed by atoms with E-state index in [0.29, 0.717) is 17.9 Å². The Labute approximate surface area is 142 Å². The molecule has 1 saturated carbocycles. The number of aromatic nitrogens is 2. The zero-order chi connectivity index (χ0) is 17.3. The second-order valence-electron chi connectivity index (χ2n) is 6.76. The van der Waals surface area contributed by atoms with E-state index in [1.165, 1.54) is 7.11 Å². The van der Waals surface area contributed by atoms with E-state index in [1.807, 2.05) is 13.8 Å². The molecular weight excluding hydrogens is 304 g/mol. The van der Waals surface area contributed by atoms with Gasteiger partial charge < -0.3 is 9.64 Å². The van der Waals surface area contributed by atoms with Crippen LogP contribution in [0, 0.1) is 22.7 Å². The average Bonchev–Trinajstić information content (AvgIpc) is 3.17. The molecule has 0 spiro atoms. The first-order chi connectivity index (χ1) is 11.6. The summed E-state index contributed by atoms with van der Waals surface area (Å²) in [4.78, 5) is 14.5. The predicted molar refractivity (Wildman–Crippen MR) is 89.5 cm³/mol. The maximum atomic E-state index is 12.4. The number of methoxy groups -OCH3 is 1. The Bertz CT molecular complexity index is 697. The lowest BCUT2D eigenvalue weighted by molar-refractivity contribution is -0.152. The Morgan fingerprint density at radius 1 is 1.42 bits per heavy atom. The molecule has 2 fully saturated rings. The first-order valence-electron chi connectivity index (χ1n) is 8.73. The molecule has 0 aromatic carbocycles. The van der Waals surface area contributed by atoms with Crippen molar-refractivity contribution in [2.24, 2.45) is 11.3 Å². The molecule has 2 atom stereocenters. The van der Waals surface area contributed by atoms with Gasteiger partial charge in [-0.3, -0.25) is 4.79 Å². The molecule has 128 valence electrons. The molecular formula is C18H24N4O2. The van der Waals surface area contributed by atoms with Crippen molar-refractivity contribution in [3.8, 4) is 6.07 Å². The van der Waals surface area contributed by atoms with Crippen LogP contribution in [0.25, 0.3) is 0 Å². The van der Waals surface area contributed by atoms with E-state index >= 15 is 0 Å². The number of aryl methyl sites for hydroxylation is 1. The van der Waals surface area contributed by atoms with Gasteiger partial charge in [-0.1, -0.05) is 20.3 Å². The van der Waals surface area contributed by atoms with Gasteiger partial charge >= 0.3 is 5.97 Å². The molecule has 3 rings (SSSR count). The predicted octanol–water partition coefficient (Wildman–Crippen LogP) is 2.25. The number of nitrogens with zero attached hydrogens (tertiary/aromatic N) is 4. The first kappa shape index (κ1) is 16.7. The van der Waals surface area contributed by atoms with Crippen LogP contribution < -0.4 is 4.90 Å². The fourth-order valence-electron chi connectivity index (χ4n) is 4.49. The maximum Gasteiger partial charge on any atom is 0.313 e. The topological polar surface area (TPSA) is 79.1 Å². The van der Waals surface area contributed by atoms with Crippen LogP contribution in [0.3, 0.4) is 0 Å². The number of rotatable bonds is 4. The molecule has 0 N–H and O–H groups in total. The molecule has 2 aliphatic rings. The minimum Gasteiger partial charge on any atom is -0.469 e. The number of carbonyl (C=O) groups excluding carboxylic acids is 1. The van der Waals surface area contributed by atoms with Crippen molar-refractivity contribution in [1.29, 1.82) is 5.26 Å². The number of ether oxygens (including phenoxy) is 1. The molecule has 0 bridgehead atoms. The van der Waals surface area contributed by atoms with E-state index in [4.69, 9.17) is 4.74 Å². The van der Waals surface area contributed by atoms with E-state index in [9.17, 15) is 10.1 Å². The maximum absolute atomic E-state index is 12.4. The Morgan fingerprint density at radius 3 is 2.83 bits per heavy atom. The number of fused-ring (bicyclic) bond motifs is 1. The summed E-state index contributed by atoms with van der Waals surface area (Å²) in [5, 5.41) is 18.4. The zero-order valence-electron chi connectivity index (χ0n) is 14.6. The molecule has 1 aliphatic heterocycles. The highest BCUT2D eigenvalue weighted by molar-refractivity contribution is 5.80. The van der Waals surface area contributed by atoms with E-state index in [2.05, 4.69) is 21.2 Å². The Morgan fingerprint density at radius 2 is 2.21 bits per heavy atom. The van der Waals surface area contributed by atoms with Crippen molar-refractivity contribution in [2.45, 2.75) is 46.0 Å². The average molecular weight is 328 g/mol. The van der Waals surface area contributed by atoms with Crippen molar-refractivity contribution in [3.05, 3.63) is 16.8 Å². The Balaban J connectivity index is 2.00. The van der Waals surface area contributed by atoms with E-state index in [0.717, 1.165) is 49.9 Å². The summed E-state index contributed by atoms with van der Waals surface area (Å²) in [5.74, 6) is 0.776. The third-order valence-electron chi connectivity index (χ3n) is 5.70. The van der Waals surface area contributed by atoms with Crippen LogP contribution in [0.1, 0.15) is 49.9 Å². The number of hydrogen-bond acceptors (Lipinski definition) is 6. The van der Waals surface area contributed by atoms with Gasteiger partial charge in [0.15, 0.2) is 5.82 Å². The fourth-order valence-corrected chi connectivity index (χ4v) is 4.49. The lowest BCUT2D eigenvalue weighted by Gasteiger charge is -2.26. The summed E-state index contributed by atoms with van der Waals surface area (Å²) < 4.78 is 5.09. The monoisotopic (exact) mass is 328 g/mol. The molecule has 1 aromatic rings. The second-order valence-corrected chi connectivity index (χ2v) is 6.76. The van der Waals surface area contributed by atoms with E-state index < -0.39 is 5.41 Å². The van der Waals surface area contributed by atoms with Crippen molar-refractivity contribution in [1.82, 2.24) is 10.2 Å². The zero-order valence-corrected chi connectivity index (χ0v) is 14.6. The van der Waals surface area contributed by atoms with Crippen LogP contribution in [0.4, 0.5) is 5.82 Å². The highest BCUT2D eigenvalue weighted by Gasteiger charge is 2.56. The largest absolute Gasteiger partial charge is 0.469 e. The second kappa shape index (κ2) is 6.39. The molecule has 24 heavy (non-hydrogen) atoms. The minimum atomic E-state index is -0.445. The van der Waals surface area contributed by atoms with Gasteiger partial charge in [0.05, 0.1) is 18.2 Å². The van der Waals surface area contributed by atoms with Gasteiger partial charge in [0.25, 0.3) is 0 Å². The number of carbonyl (C=O) groups is 1. The van der Waals surface area contributed by atoms with Gasteiger partial charge in [-0.25, -0.2) is 0 Å². The van der Waals surface area contributed by atoms with Crippen LogP contribution in [-0.2, 0) is 22.4 Å². The summed E-state index contributed by atoms with van der Waals surface area (Å²) >= 11 is 0. The highest BCUT2D eigenvalue weighted by Crippen LogP contribution is 2.50. The molecule has 0 amide bonds. The van der Waals surface area contributed by atoms with Crippen LogP contribution in [0.2, 0.25) is 0 Å². The number of nitriles is 1. The molecule has 2 unspecified atom stereocenters. The fraction of sp³-hybridized carbons (Fsp3) is 0.667. The van der Waals surface area contributed by atoms with Crippen molar-refractivity contribution < 1.29 is 9.53 Å². The molecule has 1 aromatic heterocycles. The van der Waals surface area contributed by atoms with Crippen LogP contribution in [0.15, 0.2) is 0 Å². The summed E-state index contributed by atoms with van der Waals surface area (Å²) in [6.45, 7) is 5.38. The van der Waals surface area contributed by atoms with Crippen LogP contribution >= 0.6 is 0 Å². The minimum absolute atomic E-state index is 0.125. The Kier molecular flexibility index (Phi) is 4.44. The molecule has 2 heterocycles. The quantitative estimate of drug-likeness (QED) is 0.789. The van der Waals surface area contributed by atoms with Gasteiger partial charge in [0.2, 0.25) is 0 Å². The third kappa shape index (κ3) is 2.34. The number of anilines is 1. The molecule has 1 saturated heterocycles. The van der Waals surface area contributed by atoms with Gasteiger partial charge in [-0.15, -0.1) is 5.10 Å². The molecule has 1 aliphatic carbocycles. The SMILES string of the molecule is CCc1nnc(N2CC3CCCC3(C(=O)OC)C2)c(C#N)c1CC. The van der Waals surface area contributed by atoms with Crippen molar-refractivity contribution >= 4 is 11.8 Å². The third-order valence-corrected chi connectivity index (χ3v) is 5.70. The Hall–Kier alpha value is -2.16. The van der Waals surface area contributed by atoms with Crippen LogP contribution in [0.5, 0.6) is 0 Å². The first-order valence-corrected chi connectivity index (χ1v) is 8.73. The molecule has 6 nitrogen and oxygen atoms in total. The van der Waals surface area contributed by atoms with Gasteiger partial charge in [-0.2, -0.15) is 10.4 Å².